The highest BCUT2D eigenvalue weighted by Gasteiger charge is 2.37. The lowest BCUT2D eigenvalue weighted by atomic mass is 9.94. The number of hydrogen-bond acceptors (Lipinski definition) is 8. The molecule has 46 heavy (non-hydrogen) atoms. The van der Waals surface area contributed by atoms with Gasteiger partial charge in [0, 0.05) is 16.5 Å². The number of nitrogens with zero attached hydrogens (tertiary/aromatic N) is 3. The maximum absolute atomic E-state index is 14.0. The molecule has 1 aliphatic carbocycles. The number of benzene rings is 3. The first kappa shape index (κ1) is 32.5. The summed E-state index contributed by atoms with van der Waals surface area (Å²) in [6.07, 6.45) is 4.95. The molecule has 8 nitrogen and oxygen atoms in total. The maximum atomic E-state index is 14.0. The van der Waals surface area contributed by atoms with Gasteiger partial charge in [-0.25, -0.2) is 9.48 Å². The van der Waals surface area contributed by atoms with Crippen LogP contribution in [0.2, 0.25) is 5.02 Å². The highest BCUT2D eigenvalue weighted by atomic mass is 79.9. The van der Waals surface area contributed by atoms with Gasteiger partial charge in [-0.15, -0.1) is 5.10 Å². The fourth-order valence-corrected chi connectivity index (χ4v) is 7.49. The number of aromatic nitrogens is 3. The number of halogens is 2. The van der Waals surface area contributed by atoms with Crippen molar-refractivity contribution in [2.45, 2.75) is 75.6 Å². The molecule has 1 atom stereocenters. The molecule has 11 heteroatoms. The van der Waals surface area contributed by atoms with E-state index in [0.29, 0.717) is 62.3 Å². The third kappa shape index (κ3) is 7.40. The first-order valence-corrected chi connectivity index (χ1v) is 17.7. The van der Waals surface area contributed by atoms with E-state index in [1.165, 1.54) is 18.2 Å². The molecule has 0 bridgehead atoms. The van der Waals surface area contributed by atoms with Gasteiger partial charge in [0.25, 0.3) is 0 Å². The van der Waals surface area contributed by atoms with E-state index in [0.717, 1.165) is 42.4 Å². The van der Waals surface area contributed by atoms with Crippen molar-refractivity contribution in [2.24, 2.45) is 0 Å². The summed E-state index contributed by atoms with van der Waals surface area (Å²) in [7, 11) is 0. The van der Waals surface area contributed by atoms with E-state index in [1.807, 2.05) is 80.6 Å². The number of carbonyl (C=O) groups is 1. The van der Waals surface area contributed by atoms with Gasteiger partial charge in [-0.1, -0.05) is 78.3 Å². The summed E-state index contributed by atoms with van der Waals surface area (Å²) in [4.78, 5) is 18.8. The molecule has 1 fully saturated rings. The Morgan fingerprint density at radius 2 is 1.83 bits per heavy atom. The van der Waals surface area contributed by atoms with Crippen LogP contribution in [0.25, 0.3) is 0 Å². The second-order valence-electron chi connectivity index (χ2n) is 11.3. The minimum Gasteiger partial charge on any atom is -0.490 e. The molecular weight excluding hydrogens is 688 g/mol. The summed E-state index contributed by atoms with van der Waals surface area (Å²) in [5, 5.41) is 9.49. The van der Waals surface area contributed by atoms with Crippen LogP contribution in [0.4, 0.5) is 5.95 Å². The number of carbonyl (C=O) groups excluding carboxylic acids is 1. The number of ether oxygens (including phenoxy) is 3. The number of nitrogens with one attached hydrogen (secondary N) is 1. The average molecular weight is 724 g/mol. The molecule has 1 aromatic heterocycles. The lowest BCUT2D eigenvalue weighted by Crippen LogP contribution is -2.32. The van der Waals surface area contributed by atoms with E-state index >= 15 is 0 Å². The Labute approximate surface area is 287 Å². The van der Waals surface area contributed by atoms with Gasteiger partial charge in [-0.05, 0) is 90.4 Å². The topological polar surface area (TPSA) is 87.5 Å². The molecule has 1 unspecified atom stereocenters. The van der Waals surface area contributed by atoms with Crippen LogP contribution in [-0.2, 0) is 21.9 Å². The lowest BCUT2D eigenvalue weighted by molar-refractivity contribution is -0.146. The number of allylic oxidation sites excluding steroid dienone is 1. The first-order chi connectivity index (χ1) is 22.4. The first-order valence-electron chi connectivity index (χ1n) is 15.6. The Balaban J connectivity index is 1.37. The van der Waals surface area contributed by atoms with Crippen LogP contribution >= 0.6 is 39.3 Å². The van der Waals surface area contributed by atoms with Crippen LogP contribution in [0.3, 0.4) is 0 Å². The highest BCUT2D eigenvalue weighted by molar-refractivity contribution is 9.10. The number of fused-ring (bicyclic) bond motifs is 1. The predicted octanol–water partition coefficient (Wildman–Crippen LogP) is 9.13. The van der Waals surface area contributed by atoms with Crippen LogP contribution < -0.4 is 14.8 Å². The Morgan fingerprint density at radius 3 is 2.59 bits per heavy atom. The lowest BCUT2D eigenvalue weighted by Gasteiger charge is -2.30. The van der Waals surface area contributed by atoms with E-state index in [4.69, 9.17) is 35.9 Å². The second kappa shape index (κ2) is 15.0. The Morgan fingerprint density at radius 1 is 1.07 bits per heavy atom. The molecule has 6 rings (SSSR count). The van der Waals surface area contributed by atoms with E-state index < -0.39 is 6.04 Å². The van der Waals surface area contributed by atoms with Crippen molar-refractivity contribution < 1.29 is 19.0 Å². The molecule has 2 heterocycles. The largest absolute Gasteiger partial charge is 0.490 e. The number of hydrogen-bond donors (Lipinski definition) is 1. The van der Waals surface area contributed by atoms with Gasteiger partial charge in [0.1, 0.15) is 18.8 Å². The van der Waals surface area contributed by atoms with E-state index in [1.54, 1.807) is 4.68 Å². The quantitative estimate of drug-likeness (QED) is 0.121. The van der Waals surface area contributed by atoms with Crippen molar-refractivity contribution in [2.75, 3.05) is 11.9 Å². The molecule has 1 saturated carbocycles. The monoisotopic (exact) mass is 722 g/mol. The Hall–Kier alpha value is -3.47. The van der Waals surface area contributed by atoms with Crippen LogP contribution in [0, 0.1) is 0 Å². The SMILES string of the molecule is CCOc1cc(C2C(C(=O)OC3CCCCC3)=C(C)Nc3nc(SCc4ccccc4Cl)nn32)cc(Br)c1OCc1ccccc1. The van der Waals surface area contributed by atoms with Crippen molar-refractivity contribution >= 4 is 51.2 Å². The third-order valence-electron chi connectivity index (χ3n) is 8.07. The second-order valence-corrected chi connectivity index (χ2v) is 13.5. The highest BCUT2D eigenvalue weighted by Crippen LogP contribution is 2.44. The van der Waals surface area contributed by atoms with Gasteiger partial charge < -0.3 is 19.5 Å². The van der Waals surface area contributed by atoms with Crippen molar-refractivity contribution in [3.8, 4) is 11.5 Å². The Kier molecular flexibility index (Phi) is 10.6. The number of rotatable bonds is 11. The average Bonchev–Trinajstić information content (AvgIpc) is 3.46. The zero-order chi connectivity index (χ0) is 32.0. The smallest absolute Gasteiger partial charge is 0.338 e. The summed E-state index contributed by atoms with van der Waals surface area (Å²) >= 11 is 11.6. The van der Waals surface area contributed by atoms with Crippen molar-refractivity contribution in [3.63, 3.8) is 0 Å². The summed E-state index contributed by atoms with van der Waals surface area (Å²) in [6.45, 7) is 4.63. The normalized spacial score (nSPS) is 16.5. The van der Waals surface area contributed by atoms with E-state index in [9.17, 15) is 4.79 Å². The molecule has 3 aromatic carbocycles. The minimum atomic E-state index is -0.617. The van der Waals surface area contributed by atoms with Gasteiger partial charge in [-0.2, -0.15) is 4.98 Å². The third-order valence-corrected chi connectivity index (χ3v) is 9.91. The molecule has 0 saturated heterocycles. The zero-order valence-electron chi connectivity index (χ0n) is 25.8. The van der Waals surface area contributed by atoms with Crippen LogP contribution in [-0.4, -0.2) is 33.4 Å². The number of esters is 1. The van der Waals surface area contributed by atoms with Gasteiger partial charge in [0.2, 0.25) is 11.1 Å². The van der Waals surface area contributed by atoms with Crippen molar-refractivity contribution in [1.29, 1.82) is 0 Å². The molecule has 0 spiro atoms. The number of anilines is 1. The van der Waals surface area contributed by atoms with E-state index in [2.05, 4.69) is 21.2 Å². The van der Waals surface area contributed by atoms with E-state index in [-0.39, 0.29) is 12.1 Å². The van der Waals surface area contributed by atoms with Gasteiger partial charge in [-0.3, -0.25) is 0 Å². The minimum absolute atomic E-state index is 0.0967. The molecule has 4 aromatic rings. The van der Waals surface area contributed by atoms with Crippen molar-refractivity contribution in [3.05, 3.63) is 104 Å². The zero-order valence-corrected chi connectivity index (χ0v) is 29.0. The van der Waals surface area contributed by atoms with Gasteiger partial charge in [0.05, 0.1) is 16.7 Å². The summed E-state index contributed by atoms with van der Waals surface area (Å²) < 4.78 is 21.0. The maximum Gasteiger partial charge on any atom is 0.338 e. The molecular formula is C35H36BrClN4O4S. The van der Waals surface area contributed by atoms with Crippen LogP contribution in [0.1, 0.15) is 68.7 Å². The number of thioether (sulfide) groups is 1. The molecule has 240 valence electrons. The van der Waals surface area contributed by atoms with Gasteiger partial charge >= 0.3 is 5.97 Å². The molecule has 1 aliphatic heterocycles. The summed E-state index contributed by atoms with van der Waals surface area (Å²) in [5.74, 6) is 1.94. The molecule has 0 radical (unpaired) electrons. The molecule has 2 aliphatic rings. The fourth-order valence-electron chi connectivity index (χ4n) is 5.80. The molecule has 0 amide bonds. The predicted molar refractivity (Wildman–Crippen MR) is 185 cm³/mol. The summed E-state index contributed by atoms with van der Waals surface area (Å²) in [5.41, 5.74) is 3.98. The fraction of sp³-hybridized carbons (Fsp3) is 0.343. The standard InChI is InChI=1S/C35H36BrClN4O4S/c1-3-43-29-19-25(18-27(36)32(29)44-20-23-12-6-4-7-13-23)31-30(33(42)45-26-15-8-5-9-16-26)22(2)38-34-39-35(40-41(31)34)46-21-24-14-10-11-17-28(24)37/h4,6-7,10-14,17-19,26,31H,3,5,8-9,15-16,20-21H2,1-2H3,(H,38,39,40). The van der Waals surface area contributed by atoms with Crippen molar-refractivity contribution in [1.82, 2.24) is 14.8 Å². The molecule has 1 N–H and O–H groups in total. The van der Waals surface area contributed by atoms with Gasteiger partial charge in [0.15, 0.2) is 11.5 Å². The summed E-state index contributed by atoms with van der Waals surface area (Å²) in [6, 6.07) is 21.0. The Bertz CT molecular complexity index is 1730. The van der Waals surface area contributed by atoms with Crippen LogP contribution in [0.15, 0.2) is 87.6 Å². The van der Waals surface area contributed by atoms with Crippen LogP contribution in [0.5, 0.6) is 11.5 Å².